The third kappa shape index (κ3) is 2.41. The van der Waals surface area contributed by atoms with Crippen LogP contribution in [-0.4, -0.2) is 18.1 Å². The summed E-state index contributed by atoms with van der Waals surface area (Å²) in [5.74, 6) is 0. The van der Waals surface area contributed by atoms with E-state index in [4.69, 9.17) is 5.73 Å². The van der Waals surface area contributed by atoms with Crippen LogP contribution in [0.3, 0.4) is 0 Å². The lowest BCUT2D eigenvalue weighted by molar-refractivity contribution is 0.335. The summed E-state index contributed by atoms with van der Waals surface area (Å²) < 4.78 is 1.12. The lowest BCUT2D eigenvalue weighted by Gasteiger charge is -2.46. The Bertz CT molecular complexity index is 359. The Morgan fingerprint density at radius 1 is 1.31 bits per heavy atom. The van der Waals surface area contributed by atoms with Crippen LogP contribution in [0.5, 0.6) is 0 Å². The first-order valence-electron chi connectivity index (χ1n) is 5.78. The zero-order valence-electron chi connectivity index (χ0n) is 9.91. The van der Waals surface area contributed by atoms with Crippen LogP contribution in [0.15, 0.2) is 28.7 Å². The summed E-state index contributed by atoms with van der Waals surface area (Å²) in [4.78, 5) is 2.42. The van der Waals surface area contributed by atoms with E-state index in [1.807, 2.05) is 0 Å². The molecule has 0 radical (unpaired) electrons. The van der Waals surface area contributed by atoms with Crippen molar-refractivity contribution < 1.29 is 0 Å². The van der Waals surface area contributed by atoms with Crippen molar-refractivity contribution in [3.05, 3.63) is 28.7 Å². The minimum absolute atomic E-state index is 0.212. The van der Waals surface area contributed by atoms with E-state index in [-0.39, 0.29) is 5.54 Å². The molecular formula is C13H19BrN2. The molecule has 1 unspecified atom stereocenters. The quantitative estimate of drug-likeness (QED) is 0.858. The van der Waals surface area contributed by atoms with Crippen LogP contribution in [0.1, 0.15) is 26.7 Å². The SMILES string of the molecule is CC1(C)CCC(N)CN1c1ccc(Br)cc1. The maximum Gasteiger partial charge on any atom is 0.0371 e. The summed E-state index contributed by atoms with van der Waals surface area (Å²) in [5.41, 5.74) is 7.54. The van der Waals surface area contributed by atoms with Gasteiger partial charge in [0.1, 0.15) is 0 Å². The lowest BCUT2D eigenvalue weighted by Crippen LogP contribution is -2.54. The molecule has 2 rings (SSSR count). The van der Waals surface area contributed by atoms with Gasteiger partial charge in [-0.2, -0.15) is 0 Å². The van der Waals surface area contributed by atoms with Gasteiger partial charge in [-0.25, -0.2) is 0 Å². The molecule has 1 fully saturated rings. The number of hydrogen-bond donors (Lipinski definition) is 1. The van der Waals surface area contributed by atoms with Crippen molar-refractivity contribution in [3.63, 3.8) is 0 Å². The van der Waals surface area contributed by atoms with Crippen molar-refractivity contribution in [3.8, 4) is 0 Å². The molecule has 0 aliphatic carbocycles. The second-order valence-corrected chi connectivity index (χ2v) is 6.11. The van der Waals surface area contributed by atoms with Gasteiger partial charge < -0.3 is 10.6 Å². The first-order chi connectivity index (χ1) is 7.49. The Morgan fingerprint density at radius 3 is 2.56 bits per heavy atom. The Balaban J connectivity index is 2.26. The molecule has 2 N–H and O–H groups in total. The molecule has 16 heavy (non-hydrogen) atoms. The number of benzene rings is 1. The lowest BCUT2D eigenvalue weighted by atomic mass is 9.88. The largest absolute Gasteiger partial charge is 0.365 e. The fraction of sp³-hybridized carbons (Fsp3) is 0.538. The highest BCUT2D eigenvalue weighted by molar-refractivity contribution is 9.10. The predicted octanol–water partition coefficient (Wildman–Crippen LogP) is 3.16. The smallest absolute Gasteiger partial charge is 0.0371 e. The standard InChI is InChI=1S/C13H19BrN2/c1-13(2)8-7-11(15)9-16(13)12-5-3-10(14)4-6-12/h3-6,11H,7-9,15H2,1-2H3. The summed E-state index contributed by atoms with van der Waals surface area (Å²) in [7, 11) is 0. The van der Waals surface area contributed by atoms with Crippen LogP contribution in [0.4, 0.5) is 5.69 Å². The van der Waals surface area contributed by atoms with Gasteiger partial charge in [-0.05, 0) is 51.0 Å². The van der Waals surface area contributed by atoms with Gasteiger partial charge in [0.2, 0.25) is 0 Å². The van der Waals surface area contributed by atoms with Gasteiger partial charge in [-0.15, -0.1) is 0 Å². The Morgan fingerprint density at radius 2 is 1.94 bits per heavy atom. The topological polar surface area (TPSA) is 29.3 Å². The van der Waals surface area contributed by atoms with E-state index in [0.29, 0.717) is 6.04 Å². The highest BCUT2D eigenvalue weighted by Crippen LogP contribution is 2.32. The summed E-state index contributed by atoms with van der Waals surface area (Å²) in [5, 5.41) is 0. The van der Waals surface area contributed by atoms with Gasteiger partial charge >= 0.3 is 0 Å². The van der Waals surface area contributed by atoms with E-state index in [1.165, 1.54) is 5.69 Å². The third-order valence-corrected chi connectivity index (χ3v) is 3.94. The van der Waals surface area contributed by atoms with Crippen LogP contribution in [0.2, 0.25) is 0 Å². The normalized spacial score (nSPS) is 24.5. The van der Waals surface area contributed by atoms with Crippen LogP contribution >= 0.6 is 15.9 Å². The van der Waals surface area contributed by atoms with E-state index >= 15 is 0 Å². The first kappa shape index (κ1) is 11.9. The number of nitrogens with zero attached hydrogens (tertiary/aromatic N) is 1. The van der Waals surface area contributed by atoms with Crippen molar-refractivity contribution in [1.29, 1.82) is 0 Å². The minimum atomic E-state index is 0.212. The highest BCUT2D eigenvalue weighted by atomic mass is 79.9. The Hall–Kier alpha value is -0.540. The molecule has 1 aliphatic rings. The molecule has 0 amide bonds. The number of nitrogens with two attached hydrogens (primary N) is 1. The molecule has 1 aromatic carbocycles. The van der Waals surface area contributed by atoms with Crippen molar-refractivity contribution in [2.45, 2.75) is 38.3 Å². The molecule has 1 atom stereocenters. The maximum absolute atomic E-state index is 6.06. The second kappa shape index (κ2) is 4.38. The molecule has 1 aromatic rings. The van der Waals surface area contributed by atoms with Gasteiger partial charge in [0.05, 0.1) is 0 Å². The number of halogens is 1. The molecule has 88 valence electrons. The molecule has 0 saturated carbocycles. The van der Waals surface area contributed by atoms with E-state index in [0.717, 1.165) is 23.9 Å². The molecule has 1 saturated heterocycles. The molecule has 2 nitrogen and oxygen atoms in total. The van der Waals surface area contributed by atoms with Crippen molar-refractivity contribution in [2.75, 3.05) is 11.4 Å². The average molecular weight is 283 g/mol. The summed E-state index contributed by atoms with van der Waals surface area (Å²) in [6.07, 6.45) is 2.28. The van der Waals surface area contributed by atoms with Gasteiger partial charge in [0.25, 0.3) is 0 Å². The second-order valence-electron chi connectivity index (χ2n) is 5.20. The van der Waals surface area contributed by atoms with Gasteiger partial charge in [0.15, 0.2) is 0 Å². The fourth-order valence-corrected chi connectivity index (χ4v) is 2.59. The number of hydrogen-bond acceptors (Lipinski definition) is 2. The summed E-state index contributed by atoms with van der Waals surface area (Å²) >= 11 is 3.47. The number of anilines is 1. The summed E-state index contributed by atoms with van der Waals surface area (Å²) in [6.45, 7) is 5.54. The fourth-order valence-electron chi connectivity index (χ4n) is 2.32. The molecule has 0 spiro atoms. The van der Waals surface area contributed by atoms with Gasteiger partial charge in [-0.3, -0.25) is 0 Å². The van der Waals surface area contributed by atoms with Crippen LogP contribution in [-0.2, 0) is 0 Å². The van der Waals surface area contributed by atoms with E-state index in [9.17, 15) is 0 Å². The predicted molar refractivity (Wildman–Crippen MR) is 72.8 cm³/mol. The number of rotatable bonds is 1. The molecule has 0 aromatic heterocycles. The van der Waals surface area contributed by atoms with E-state index in [1.54, 1.807) is 0 Å². The van der Waals surface area contributed by atoms with Crippen LogP contribution in [0, 0.1) is 0 Å². The van der Waals surface area contributed by atoms with Gasteiger partial charge in [0, 0.05) is 28.3 Å². The maximum atomic E-state index is 6.06. The van der Waals surface area contributed by atoms with E-state index < -0.39 is 0 Å². The molecular weight excluding hydrogens is 264 g/mol. The van der Waals surface area contributed by atoms with Crippen LogP contribution in [0.25, 0.3) is 0 Å². The minimum Gasteiger partial charge on any atom is -0.365 e. The van der Waals surface area contributed by atoms with Crippen molar-refractivity contribution >= 4 is 21.6 Å². The third-order valence-electron chi connectivity index (χ3n) is 3.41. The van der Waals surface area contributed by atoms with E-state index in [2.05, 4.69) is 58.9 Å². The average Bonchev–Trinajstić information content (AvgIpc) is 2.23. The monoisotopic (exact) mass is 282 g/mol. The van der Waals surface area contributed by atoms with Gasteiger partial charge in [-0.1, -0.05) is 15.9 Å². The van der Waals surface area contributed by atoms with Crippen molar-refractivity contribution in [2.24, 2.45) is 5.73 Å². The molecule has 1 aliphatic heterocycles. The highest BCUT2D eigenvalue weighted by Gasteiger charge is 2.32. The zero-order chi connectivity index (χ0) is 11.8. The number of piperidine rings is 1. The molecule has 1 heterocycles. The molecule has 3 heteroatoms. The summed E-state index contributed by atoms with van der Waals surface area (Å²) in [6, 6.07) is 8.79. The Labute approximate surface area is 106 Å². The molecule has 0 bridgehead atoms. The van der Waals surface area contributed by atoms with Crippen LogP contribution < -0.4 is 10.6 Å². The zero-order valence-corrected chi connectivity index (χ0v) is 11.5. The first-order valence-corrected chi connectivity index (χ1v) is 6.57. The Kier molecular flexibility index (Phi) is 3.27. The van der Waals surface area contributed by atoms with Crippen molar-refractivity contribution in [1.82, 2.24) is 0 Å².